The van der Waals surface area contributed by atoms with Crippen LogP contribution in [-0.4, -0.2) is 0 Å². The molecule has 0 aliphatic heterocycles. The highest BCUT2D eigenvalue weighted by atomic mass is 31.2. The van der Waals surface area contributed by atoms with Crippen molar-refractivity contribution >= 4 is 7.82 Å². The van der Waals surface area contributed by atoms with Crippen LogP contribution >= 0.6 is 7.82 Å². The van der Waals surface area contributed by atoms with Gasteiger partial charge in [-0.05, 0) is 36.0 Å². The SMILES string of the molecule is CCCCCC(OP(=O)(OC(CCCCC)c1ccccc1)OC(CCCCC)c1ccccc1)c1ccccc1. The van der Waals surface area contributed by atoms with E-state index in [2.05, 4.69) is 20.8 Å². The zero-order chi connectivity index (χ0) is 29.2. The molecular weight excluding hydrogens is 527 g/mol. The van der Waals surface area contributed by atoms with Gasteiger partial charge in [-0.1, -0.05) is 170 Å². The predicted octanol–water partition coefficient (Wildman–Crippen LogP) is 12.1. The lowest BCUT2D eigenvalue weighted by Crippen LogP contribution is -2.13. The topological polar surface area (TPSA) is 44.8 Å². The Balaban J connectivity index is 1.99. The summed E-state index contributed by atoms with van der Waals surface area (Å²) in [5.41, 5.74) is 3.00. The van der Waals surface area contributed by atoms with Crippen molar-refractivity contribution in [2.75, 3.05) is 0 Å². The van der Waals surface area contributed by atoms with Crippen LogP contribution in [0.4, 0.5) is 0 Å². The normalized spacial score (nSPS) is 15.2. The van der Waals surface area contributed by atoms with Gasteiger partial charge >= 0.3 is 7.82 Å². The van der Waals surface area contributed by atoms with Crippen molar-refractivity contribution in [3.05, 3.63) is 108 Å². The van der Waals surface area contributed by atoms with Gasteiger partial charge in [0, 0.05) is 0 Å². The van der Waals surface area contributed by atoms with E-state index >= 15 is 0 Å². The highest BCUT2D eigenvalue weighted by molar-refractivity contribution is 7.48. The van der Waals surface area contributed by atoms with Gasteiger partial charge in [-0.25, -0.2) is 4.57 Å². The lowest BCUT2D eigenvalue weighted by atomic mass is 10.0. The van der Waals surface area contributed by atoms with Gasteiger partial charge in [-0.3, -0.25) is 13.6 Å². The van der Waals surface area contributed by atoms with Crippen LogP contribution in [0, 0.1) is 0 Å². The van der Waals surface area contributed by atoms with Crippen molar-refractivity contribution in [2.24, 2.45) is 0 Å². The maximum Gasteiger partial charge on any atom is 0.476 e. The van der Waals surface area contributed by atoms with Crippen LogP contribution in [0.5, 0.6) is 0 Å². The largest absolute Gasteiger partial charge is 0.476 e. The molecule has 0 saturated heterocycles. The monoisotopic (exact) mass is 578 g/mol. The van der Waals surface area contributed by atoms with E-state index in [9.17, 15) is 4.57 Å². The fourth-order valence-corrected chi connectivity index (χ4v) is 6.89. The van der Waals surface area contributed by atoms with Crippen molar-refractivity contribution in [3.8, 4) is 0 Å². The maximum atomic E-state index is 15.0. The summed E-state index contributed by atoms with van der Waals surface area (Å²) in [6.07, 6.45) is 10.6. The average molecular weight is 579 g/mol. The zero-order valence-electron chi connectivity index (χ0n) is 25.5. The maximum absolute atomic E-state index is 15.0. The van der Waals surface area contributed by atoms with Gasteiger partial charge in [0.1, 0.15) is 0 Å². The summed E-state index contributed by atoms with van der Waals surface area (Å²) in [6, 6.07) is 30.3. The Hall–Kier alpha value is -2.23. The molecule has 3 unspecified atom stereocenters. The molecule has 0 aliphatic carbocycles. The van der Waals surface area contributed by atoms with Crippen LogP contribution < -0.4 is 0 Å². The number of hydrogen-bond donors (Lipinski definition) is 0. The second-order valence-corrected chi connectivity index (χ2v) is 12.5. The molecule has 0 N–H and O–H groups in total. The molecule has 41 heavy (non-hydrogen) atoms. The molecule has 0 radical (unpaired) electrons. The van der Waals surface area contributed by atoms with E-state index in [1.54, 1.807) is 0 Å². The second kappa shape index (κ2) is 19.1. The molecule has 0 fully saturated rings. The quantitative estimate of drug-likeness (QED) is 0.0931. The van der Waals surface area contributed by atoms with Crippen molar-refractivity contribution < 1.29 is 18.1 Å². The first kappa shape index (κ1) is 33.3. The van der Waals surface area contributed by atoms with Crippen LogP contribution in [0.2, 0.25) is 0 Å². The Labute approximate surface area is 249 Å². The molecule has 0 bridgehead atoms. The Morgan fingerprint density at radius 2 is 0.732 bits per heavy atom. The molecule has 4 nitrogen and oxygen atoms in total. The number of rotatable bonds is 21. The van der Waals surface area contributed by atoms with Crippen molar-refractivity contribution in [1.82, 2.24) is 0 Å². The van der Waals surface area contributed by atoms with Gasteiger partial charge in [0.25, 0.3) is 0 Å². The summed E-state index contributed by atoms with van der Waals surface area (Å²) in [7, 11) is -4.03. The molecule has 0 aromatic heterocycles. The number of unbranched alkanes of at least 4 members (excludes halogenated alkanes) is 6. The highest BCUT2D eigenvalue weighted by Crippen LogP contribution is 2.60. The van der Waals surface area contributed by atoms with Gasteiger partial charge in [-0.2, -0.15) is 0 Å². The molecule has 3 rings (SSSR count). The predicted molar refractivity (Wildman–Crippen MR) is 171 cm³/mol. The van der Waals surface area contributed by atoms with Crippen molar-refractivity contribution in [3.63, 3.8) is 0 Å². The fourth-order valence-electron chi connectivity index (χ4n) is 5.13. The zero-order valence-corrected chi connectivity index (χ0v) is 26.4. The third-order valence-corrected chi connectivity index (χ3v) is 9.03. The van der Waals surface area contributed by atoms with Gasteiger partial charge in [0.15, 0.2) is 0 Å². The van der Waals surface area contributed by atoms with Crippen LogP contribution in [0.25, 0.3) is 0 Å². The van der Waals surface area contributed by atoms with Gasteiger partial charge in [0.05, 0.1) is 18.3 Å². The molecule has 3 atom stereocenters. The van der Waals surface area contributed by atoms with Crippen LogP contribution in [-0.2, 0) is 18.1 Å². The van der Waals surface area contributed by atoms with E-state index < -0.39 is 7.82 Å². The highest BCUT2D eigenvalue weighted by Gasteiger charge is 2.38. The van der Waals surface area contributed by atoms with Gasteiger partial charge in [-0.15, -0.1) is 0 Å². The summed E-state index contributed by atoms with van der Waals surface area (Å²) < 4.78 is 34.8. The van der Waals surface area contributed by atoms with Gasteiger partial charge < -0.3 is 0 Å². The molecule has 5 heteroatoms. The van der Waals surface area contributed by atoms with E-state index in [1.165, 1.54) is 0 Å². The first-order valence-corrected chi connectivity index (χ1v) is 17.3. The standard InChI is InChI=1S/C36H51O4P/c1-4-7-13-28-34(31-22-16-10-17-23-31)38-41(37,39-35(29-14-8-5-2)32-24-18-11-19-25-32)40-36(30-15-9-6-3)33-26-20-12-21-27-33/h10-12,16-27,34-36H,4-9,13-15,28-30H2,1-3H3. The molecule has 224 valence electrons. The summed E-state index contributed by atoms with van der Waals surface area (Å²) >= 11 is 0. The first-order chi connectivity index (χ1) is 20.1. The Kier molecular flexibility index (Phi) is 15.5. The molecule has 0 amide bonds. The molecule has 0 aliphatic rings. The molecule has 0 heterocycles. The first-order valence-electron chi connectivity index (χ1n) is 15.9. The minimum Gasteiger partial charge on any atom is -0.279 e. The minimum atomic E-state index is -4.03. The third-order valence-electron chi connectivity index (χ3n) is 7.49. The smallest absolute Gasteiger partial charge is 0.279 e. The van der Waals surface area contributed by atoms with Crippen LogP contribution in [0.3, 0.4) is 0 Å². The summed E-state index contributed by atoms with van der Waals surface area (Å²) in [4.78, 5) is 0. The average Bonchev–Trinajstić information content (AvgIpc) is 3.01. The number of benzene rings is 3. The fraction of sp³-hybridized carbons (Fsp3) is 0.500. The number of phosphoric acid groups is 1. The van der Waals surface area contributed by atoms with E-state index in [0.29, 0.717) is 0 Å². The second-order valence-electron chi connectivity index (χ2n) is 10.9. The van der Waals surface area contributed by atoms with E-state index in [1.807, 2.05) is 91.0 Å². The Bertz CT molecular complexity index is 965. The summed E-state index contributed by atoms with van der Waals surface area (Å²) in [6.45, 7) is 6.57. The number of phosphoric ester groups is 1. The Morgan fingerprint density at radius 1 is 0.463 bits per heavy atom. The lowest BCUT2D eigenvalue weighted by molar-refractivity contribution is 0.0212. The van der Waals surface area contributed by atoms with Crippen molar-refractivity contribution in [1.29, 1.82) is 0 Å². The van der Waals surface area contributed by atoms with E-state index in [-0.39, 0.29) is 18.3 Å². The molecule has 3 aromatic rings. The summed E-state index contributed by atoms with van der Waals surface area (Å²) in [5.74, 6) is 0. The molecular formula is C36H51O4P. The van der Waals surface area contributed by atoms with Gasteiger partial charge in [0.2, 0.25) is 0 Å². The summed E-state index contributed by atoms with van der Waals surface area (Å²) in [5, 5.41) is 0. The van der Waals surface area contributed by atoms with Crippen molar-refractivity contribution in [2.45, 2.75) is 116 Å². The molecule has 3 aromatic carbocycles. The molecule has 0 spiro atoms. The third kappa shape index (κ3) is 11.9. The van der Waals surface area contributed by atoms with Crippen LogP contribution in [0.15, 0.2) is 91.0 Å². The van der Waals surface area contributed by atoms with E-state index in [4.69, 9.17) is 13.6 Å². The minimum absolute atomic E-state index is 0.382. The lowest BCUT2D eigenvalue weighted by Gasteiger charge is -2.31. The van der Waals surface area contributed by atoms with E-state index in [0.717, 1.165) is 93.7 Å². The Morgan fingerprint density at radius 3 is 0.976 bits per heavy atom. The molecule has 0 saturated carbocycles. The van der Waals surface area contributed by atoms with Crippen LogP contribution in [0.1, 0.15) is 133 Å². The number of hydrogen-bond acceptors (Lipinski definition) is 4.